The Morgan fingerprint density at radius 3 is 2.65 bits per heavy atom. The number of carbonyl (C=O) groups is 1. The van der Waals surface area contributed by atoms with Crippen molar-refractivity contribution in [3.05, 3.63) is 35.6 Å². The molecule has 0 radical (unpaired) electrons. The number of aliphatic carboxylic acids is 1. The van der Waals surface area contributed by atoms with Crippen molar-refractivity contribution in [2.75, 3.05) is 0 Å². The Bertz CT molecular complexity index is 395. The molecular formula is C13H18FNO2. The van der Waals surface area contributed by atoms with Crippen LogP contribution in [-0.4, -0.2) is 16.6 Å². The first-order valence-corrected chi connectivity index (χ1v) is 5.75. The van der Waals surface area contributed by atoms with E-state index in [-0.39, 0.29) is 6.42 Å². The second kappa shape index (κ2) is 5.77. The first-order chi connectivity index (χ1) is 7.99. The molecule has 0 saturated heterocycles. The van der Waals surface area contributed by atoms with Crippen molar-refractivity contribution in [2.24, 2.45) is 5.73 Å². The molecule has 3 nitrogen and oxygen atoms in total. The molecule has 0 aliphatic heterocycles. The molecule has 17 heavy (non-hydrogen) atoms. The molecule has 1 aromatic rings. The standard InChI is InChI=1S/C13H18FNO2/c1-2-3-8-13(15,12(16)17)9-10-6-4-5-7-11(10)14/h4-7H,2-3,8-9,15H2,1H3,(H,16,17)/t13-/m1/s1. The third-order valence-corrected chi connectivity index (χ3v) is 2.87. The number of rotatable bonds is 6. The Morgan fingerprint density at radius 2 is 2.12 bits per heavy atom. The van der Waals surface area contributed by atoms with Gasteiger partial charge in [0.15, 0.2) is 0 Å². The van der Waals surface area contributed by atoms with Crippen LogP contribution in [0, 0.1) is 5.82 Å². The van der Waals surface area contributed by atoms with Crippen molar-refractivity contribution < 1.29 is 14.3 Å². The predicted octanol–water partition coefficient (Wildman–Crippen LogP) is 2.34. The molecule has 1 aromatic carbocycles. The third kappa shape index (κ3) is 3.53. The molecule has 0 saturated carbocycles. The Morgan fingerprint density at radius 1 is 1.47 bits per heavy atom. The minimum absolute atomic E-state index is 0.0228. The van der Waals surface area contributed by atoms with Gasteiger partial charge in [0.05, 0.1) is 0 Å². The van der Waals surface area contributed by atoms with E-state index in [9.17, 15) is 9.18 Å². The molecule has 0 fully saturated rings. The quantitative estimate of drug-likeness (QED) is 0.800. The Kier molecular flexibility index (Phi) is 4.63. The molecule has 0 bridgehead atoms. The first kappa shape index (κ1) is 13.6. The lowest BCUT2D eigenvalue weighted by atomic mass is 9.87. The summed E-state index contributed by atoms with van der Waals surface area (Å²) in [5.74, 6) is -1.48. The Balaban J connectivity index is 2.87. The summed E-state index contributed by atoms with van der Waals surface area (Å²) in [5, 5.41) is 9.16. The van der Waals surface area contributed by atoms with Crippen LogP contribution in [0.15, 0.2) is 24.3 Å². The van der Waals surface area contributed by atoms with Crippen molar-refractivity contribution in [2.45, 2.75) is 38.1 Å². The number of unbranched alkanes of at least 4 members (excludes halogenated alkanes) is 1. The number of nitrogens with two attached hydrogens (primary N) is 1. The molecule has 1 atom stereocenters. The van der Waals surface area contributed by atoms with E-state index < -0.39 is 17.3 Å². The van der Waals surface area contributed by atoms with E-state index in [4.69, 9.17) is 10.8 Å². The van der Waals surface area contributed by atoms with Crippen LogP contribution in [0.4, 0.5) is 4.39 Å². The van der Waals surface area contributed by atoms with Gasteiger partial charge in [-0.3, -0.25) is 4.79 Å². The van der Waals surface area contributed by atoms with Gasteiger partial charge in [0, 0.05) is 6.42 Å². The van der Waals surface area contributed by atoms with E-state index in [1.54, 1.807) is 18.2 Å². The van der Waals surface area contributed by atoms with Crippen LogP contribution in [0.3, 0.4) is 0 Å². The number of benzene rings is 1. The topological polar surface area (TPSA) is 63.3 Å². The summed E-state index contributed by atoms with van der Waals surface area (Å²) >= 11 is 0. The lowest BCUT2D eigenvalue weighted by molar-refractivity contribution is -0.143. The molecule has 0 aromatic heterocycles. The minimum atomic E-state index is -1.38. The van der Waals surface area contributed by atoms with Gasteiger partial charge >= 0.3 is 5.97 Å². The second-order valence-corrected chi connectivity index (χ2v) is 4.33. The summed E-state index contributed by atoms with van der Waals surface area (Å²) in [6, 6.07) is 6.15. The maximum absolute atomic E-state index is 13.5. The molecule has 0 aliphatic carbocycles. The van der Waals surface area contributed by atoms with E-state index in [0.717, 1.165) is 12.8 Å². The van der Waals surface area contributed by atoms with E-state index in [1.165, 1.54) is 6.07 Å². The minimum Gasteiger partial charge on any atom is -0.480 e. The van der Waals surface area contributed by atoms with Gasteiger partial charge in [0.1, 0.15) is 11.4 Å². The van der Waals surface area contributed by atoms with E-state index >= 15 is 0 Å². The molecule has 94 valence electrons. The van der Waals surface area contributed by atoms with Crippen LogP contribution < -0.4 is 5.73 Å². The molecular weight excluding hydrogens is 221 g/mol. The summed E-state index contributed by atoms with van der Waals surface area (Å²) in [5.41, 5.74) is 4.84. The van der Waals surface area contributed by atoms with Gasteiger partial charge in [0.25, 0.3) is 0 Å². The zero-order valence-electron chi connectivity index (χ0n) is 9.95. The van der Waals surface area contributed by atoms with Crippen molar-refractivity contribution >= 4 is 5.97 Å². The molecule has 0 spiro atoms. The molecule has 0 amide bonds. The maximum Gasteiger partial charge on any atom is 0.324 e. The van der Waals surface area contributed by atoms with Gasteiger partial charge in [-0.2, -0.15) is 0 Å². The van der Waals surface area contributed by atoms with Crippen molar-refractivity contribution in [3.63, 3.8) is 0 Å². The van der Waals surface area contributed by atoms with Gasteiger partial charge < -0.3 is 10.8 Å². The number of carboxylic acid groups (broad SMARTS) is 1. The molecule has 0 aliphatic rings. The third-order valence-electron chi connectivity index (χ3n) is 2.87. The molecule has 3 N–H and O–H groups in total. The number of hydrogen-bond acceptors (Lipinski definition) is 2. The SMILES string of the molecule is CCCC[C@@](N)(Cc1ccccc1F)C(=O)O. The van der Waals surface area contributed by atoms with Gasteiger partial charge in [-0.1, -0.05) is 38.0 Å². The smallest absolute Gasteiger partial charge is 0.324 e. The number of hydrogen-bond donors (Lipinski definition) is 2. The Labute approximate surface area is 100 Å². The Hall–Kier alpha value is -1.42. The van der Waals surface area contributed by atoms with Gasteiger partial charge in [-0.25, -0.2) is 4.39 Å². The number of halogens is 1. The highest BCUT2D eigenvalue weighted by Crippen LogP contribution is 2.20. The van der Waals surface area contributed by atoms with Crippen LogP contribution in [0.25, 0.3) is 0 Å². The van der Waals surface area contributed by atoms with Crippen LogP contribution in [-0.2, 0) is 11.2 Å². The fraction of sp³-hybridized carbons (Fsp3) is 0.462. The van der Waals surface area contributed by atoms with Crippen molar-refractivity contribution in [3.8, 4) is 0 Å². The monoisotopic (exact) mass is 239 g/mol. The van der Waals surface area contributed by atoms with Crippen LogP contribution in [0.1, 0.15) is 31.7 Å². The zero-order chi connectivity index (χ0) is 12.9. The summed E-state index contributed by atoms with van der Waals surface area (Å²) in [6.07, 6.45) is 1.96. The van der Waals surface area contributed by atoms with Crippen LogP contribution in [0.2, 0.25) is 0 Å². The van der Waals surface area contributed by atoms with Gasteiger partial charge in [-0.15, -0.1) is 0 Å². The highest BCUT2D eigenvalue weighted by Gasteiger charge is 2.34. The van der Waals surface area contributed by atoms with Gasteiger partial charge in [-0.05, 0) is 18.1 Å². The molecule has 1 rings (SSSR count). The van der Waals surface area contributed by atoms with Gasteiger partial charge in [0.2, 0.25) is 0 Å². The van der Waals surface area contributed by atoms with E-state index in [0.29, 0.717) is 12.0 Å². The maximum atomic E-state index is 13.5. The summed E-state index contributed by atoms with van der Waals surface area (Å²) in [4.78, 5) is 11.2. The fourth-order valence-electron chi connectivity index (χ4n) is 1.74. The average molecular weight is 239 g/mol. The fourth-order valence-corrected chi connectivity index (χ4v) is 1.74. The van der Waals surface area contributed by atoms with Crippen LogP contribution in [0.5, 0.6) is 0 Å². The van der Waals surface area contributed by atoms with Crippen molar-refractivity contribution in [1.82, 2.24) is 0 Å². The highest BCUT2D eigenvalue weighted by molar-refractivity contribution is 5.78. The summed E-state index contributed by atoms with van der Waals surface area (Å²) in [6.45, 7) is 1.96. The average Bonchev–Trinajstić information content (AvgIpc) is 2.29. The summed E-state index contributed by atoms with van der Waals surface area (Å²) in [7, 11) is 0. The highest BCUT2D eigenvalue weighted by atomic mass is 19.1. The normalized spacial score (nSPS) is 14.3. The first-order valence-electron chi connectivity index (χ1n) is 5.75. The zero-order valence-corrected chi connectivity index (χ0v) is 9.95. The molecule has 0 unspecified atom stereocenters. The lowest BCUT2D eigenvalue weighted by Crippen LogP contribution is -2.50. The predicted molar refractivity (Wildman–Crippen MR) is 64.2 cm³/mol. The molecule has 4 heteroatoms. The number of carboxylic acids is 1. The molecule has 0 heterocycles. The lowest BCUT2D eigenvalue weighted by Gasteiger charge is -2.24. The second-order valence-electron chi connectivity index (χ2n) is 4.33. The van der Waals surface area contributed by atoms with Crippen molar-refractivity contribution in [1.29, 1.82) is 0 Å². The van der Waals surface area contributed by atoms with Crippen LogP contribution >= 0.6 is 0 Å². The van der Waals surface area contributed by atoms with E-state index in [2.05, 4.69) is 0 Å². The largest absolute Gasteiger partial charge is 0.480 e. The summed E-state index contributed by atoms with van der Waals surface area (Å²) < 4.78 is 13.5. The van der Waals surface area contributed by atoms with E-state index in [1.807, 2.05) is 6.92 Å².